The van der Waals surface area contributed by atoms with Gasteiger partial charge in [0.1, 0.15) is 5.76 Å². The summed E-state index contributed by atoms with van der Waals surface area (Å²) >= 11 is 0. The van der Waals surface area contributed by atoms with Gasteiger partial charge in [0.25, 0.3) is 5.91 Å². The Morgan fingerprint density at radius 2 is 1.86 bits per heavy atom. The van der Waals surface area contributed by atoms with Gasteiger partial charge in [-0.15, -0.1) is 10.2 Å². The molecule has 0 fully saturated rings. The van der Waals surface area contributed by atoms with E-state index in [1.807, 2.05) is 39.2 Å². The molecule has 0 unspecified atom stereocenters. The molecule has 1 aromatic heterocycles. The zero-order valence-corrected chi connectivity index (χ0v) is 21.9. The summed E-state index contributed by atoms with van der Waals surface area (Å²) in [5.74, 6) is 1.34. The van der Waals surface area contributed by atoms with Crippen LogP contribution >= 0.6 is 0 Å². The summed E-state index contributed by atoms with van der Waals surface area (Å²) < 4.78 is 11.4. The molecule has 2 rings (SSSR count). The predicted molar refractivity (Wildman–Crippen MR) is 140 cm³/mol. The van der Waals surface area contributed by atoms with Crippen LogP contribution in [0, 0.1) is 0 Å². The molecule has 0 bridgehead atoms. The van der Waals surface area contributed by atoms with E-state index in [-0.39, 0.29) is 18.4 Å². The first kappa shape index (κ1) is 28.8. The summed E-state index contributed by atoms with van der Waals surface area (Å²) in [7, 11) is 4.01. The number of hydrogen-bond acceptors (Lipinski definition) is 7. The van der Waals surface area contributed by atoms with Crippen LogP contribution in [0.2, 0.25) is 0 Å². The van der Waals surface area contributed by atoms with Crippen LogP contribution in [-0.4, -0.2) is 60.7 Å². The molecule has 0 saturated heterocycles. The van der Waals surface area contributed by atoms with Gasteiger partial charge in [-0.3, -0.25) is 9.59 Å². The number of rotatable bonds is 16. The summed E-state index contributed by atoms with van der Waals surface area (Å²) in [6.45, 7) is 6.31. The number of carbonyl (C=O) groups is 2. The Labute approximate surface area is 214 Å². The van der Waals surface area contributed by atoms with E-state index in [1.165, 1.54) is 0 Å². The molecule has 0 aliphatic carbocycles. The molecule has 2 N–H and O–H groups in total. The standard InChI is InChI=1S/C27H39N5O4/c1-5-10-23(11-6-2)35-19-8-7-12-24(33)29-20-25-30-31-27(36-25)22-15-13-21(14-16-22)26(34)28-17-9-18-32(3)4/h5,10-11,13-16H,6-9,12,17-20H2,1-4H3,(H,28,34)(H,29,33)/b10-5-,23-11+. The lowest BCUT2D eigenvalue weighted by molar-refractivity contribution is -0.121. The van der Waals surface area contributed by atoms with Gasteiger partial charge in [-0.2, -0.15) is 0 Å². The highest BCUT2D eigenvalue weighted by molar-refractivity contribution is 5.94. The lowest BCUT2D eigenvalue weighted by atomic mass is 10.1. The van der Waals surface area contributed by atoms with Gasteiger partial charge < -0.3 is 24.7 Å². The quantitative estimate of drug-likeness (QED) is 0.204. The van der Waals surface area contributed by atoms with Crippen LogP contribution in [-0.2, 0) is 16.1 Å². The van der Waals surface area contributed by atoms with Crippen molar-refractivity contribution in [3.8, 4) is 11.5 Å². The second-order valence-electron chi connectivity index (χ2n) is 8.59. The van der Waals surface area contributed by atoms with Gasteiger partial charge in [-0.1, -0.05) is 13.0 Å². The predicted octanol–water partition coefficient (Wildman–Crippen LogP) is 4.09. The number of nitrogens with zero attached hydrogens (tertiary/aromatic N) is 3. The number of ether oxygens (including phenoxy) is 1. The molecule has 9 heteroatoms. The second kappa shape index (κ2) is 16.3. The minimum atomic E-state index is -0.114. The van der Waals surface area contributed by atoms with Crippen molar-refractivity contribution in [1.82, 2.24) is 25.7 Å². The van der Waals surface area contributed by atoms with Gasteiger partial charge >= 0.3 is 0 Å². The molecule has 0 spiro atoms. The summed E-state index contributed by atoms with van der Waals surface area (Å²) in [6.07, 6.45) is 9.65. The van der Waals surface area contributed by atoms with Gasteiger partial charge in [0.15, 0.2) is 0 Å². The van der Waals surface area contributed by atoms with Crippen molar-refractivity contribution < 1.29 is 18.7 Å². The molecular formula is C27H39N5O4. The lowest BCUT2D eigenvalue weighted by Gasteiger charge is -2.10. The largest absolute Gasteiger partial charge is 0.494 e. The monoisotopic (exact) mass is 497 g/mol. The zero-order valence-electron chi connectivity index (χ0n) is 21.9. The molecule has 1 heterocycles. The summed E-state index contributed by atoms with van der Waals surface area (Å²) in [5, 5.41) is 13.8. The average Bonchev–Trinajstić information content (AvgIpc) is 3.34. The SMILES string of the molecule is C/C=C\C(=C/CC)OCCCCC(=O)NCc1nnc(-c2ccc(C(=O)NCCCN(C)C)cc2)o1. The van der Waals surface area contributed by atoms with Crippen molar-refractivity contribution in [3.63, 3.8) is 0 Å². The highest BCUT2D eigenvalue weighted by Gasteiger charge is 2.11. The number of carbonyl (C=O) groups excluding carboxylic acids is 2. The molecule has 36 heavy (non-hydrogen) atoms. The van der Waals surface area contributed by atoms with E-state index in [4.69, 9.17) is 9.15 Å². The Hall–Kier alpha value is -3.46. The van der Waals surface area contributed by atoms with Crippen molar-refractivity contribution in [2.45, 2.75) is 52.5 Å². The molecule has 0 aliphatic rings. The molecule has 0 radical (unpaired) electrons. The maximum Gasteiger partial charge on any atom is 0.251 e. The maximum atomic E-state index is 12.3. The Morgan fingerprint density at radius 3 is 2.56 bits per heavy atom. The van der Waals surface area contributed by atoms with Gasteiger partial charge in [-0.25, -0.2) is 0 Å². The van der Waals surface area contributed by atoms with E-state index < -0.39 is 0 Å². The molecule has 0 aliphatic heterocycles. The first-order valence-corrected chi connectivity index (χ1v) is 12.5. The second-order valence-corrected chi connectivity index (χ2v) is 8.59. The Balaban J connectivity index is 1.71. The van der Waals surface area contributed by atoms with Crippen molar-refractivity contribution in [2.24, 2.45) is 0 Å². The molecule has 1 aromatic carbocycles. The molecule has 196 valence electrons. The fourth-order valence-electron chi connectivity index (χ4n) is 3.29. The first-order chi connectivity index (χ1) is 17.4. The third-order valence-electron chi connectivity index (χ3n) is 5.17. The lowest BCUT2D eigenvalue weighted by Crippen LogP contribution is -2.27. The summed E-state index contributed by atoms with van der Waals surface area (Å²) in [4.78, 5) is 26.5. The van der Waals surface area contributed by atoms with Crippen LogP contribution in [0.5, 0.6) is 0 Å². The fraction of sp³-hybridized carbons (Fsp3) is 0.481. The molecule has 2 amide bonds. The van der Waals surface area contributed by atoms with E-state index in [0.717, 1.165) is 38.0 Å². The maximum absolute atomic E-state index is 12.3. The van der Waals surface area contributed by atoms with Crippen molar-refractivity contribution in [3.05, 3.63) is 59.7 Å². The van der Waals surface area contributed by atoms with E-state index in [1.54, 1.807) is 24.3 Å². The molecular weight excluding hydrogens is 458 g/mol. The minimum Gasteiger partial charge on any atom is -0.494 e. The van der Waals surface area contributed by atoms with Gasteiger partial charge in [0.05, 0.1) is 13.2 Å². The minimum absolute atomic E-state index is 0.0755. The smallest absolute Gasteiger partial charge is 0.251 e. The fourth-order valence-corrected chi connectivity index (χ4v) is 3.29. The van der Waals surface area contributed by atoms with E-state index >= 15 is 0 Å². The number of allylic oxidation sites excluding steroid dienone is 3. The molecule has 0 saturated carbocycles. The topological polar surface area (TPSA) is 110 Å². The summed E-state index contributed by atoms with van der Waals surface area (Å²) in [5.41, 5.74) is 1.28. The van der Waals surface area contributed by atoms with Crippen molar-refractivity contribution >= 4 is 11.8 Å². The Bertz CT molecular complexity index is 996. The first-order valence-electron chi connectivity index (χ1n) is 12.5. The third kappa shape index (κ3) is 10.9. The number of aromatic nitrogens is 2. The Kier molecular flexibility index (Phi) is 13.0. The number of benzene rings is 1. The van der Waals surface area contributed by atoms with Gasteiger partial charge in [0.2, 0.25) is 17.7 Å². The average molecular weight is 498 g/mol. The van der Waals surface area contributed by atoms with Crippen LogP contribution in [0.4, 0.5) is 0 Å². The van der Waals surface area contributed by atoms with E-state index in [0.29, 0.717) is 42.5 Å². The van der Waals surface area contributed by atoms with E-state index in [9.17, 15) is 9.59 Å². The molecule has 2 aromatic rings. The van der Waals surface area contributed by atoms with Crippen molar-refractivity contribution in [1.29, 1.82) is 0 Å². The number of amides is 2. The van der Waals surface area contributed by atoms with Crippen LogP contribution in [0.3, 0.4) is 0 Å². The summed E-state index contributed by atoms with van der Waals surface area (Å²) in [6, 6.07) is 6.99. The third-order valence-corrected chi connectivity index (χ3v) is 5.17. The van der Waals surface area contributed by atoms with Crippen LogP contribution < -0.4 is 10.6 Å². The number of unbranched alkanes of at least 4 members (excludes halogenated alkanes) is 1. The van der Waals surface area contributed by atoms with E-state index in [2.05, 4.69) is 32.7 Å². The number of hydrogen-bond donors (Lipinski definition) is 2. The number of nitrogens with one attached hydrogen (secondary N) is 2. The highest BCUT2D eigenvalue weighted by atomic mass is 16.5. The normalized spacial score (nSPS) is 11.8. The van der Waals surface area contributed by atoms with Gasteiger partial charge in [-0.05, 0) is 89.7 Å². The highest BCUT2D eigenvalue weighted by Crippen LogP contribution is 2.18. The molecule has 0 atom stereocenters. The van der Waals surface area contributed by atoms with Crippen LogP contribution in [0.15, 0.2) is 52.7 Å². The zero-order chi connectivity index (χ0) is 26.2. The van der Waals surface area contributed by atoms with Crippen LogP contribution in [0.25, 0.3) is 11.5 Å². The van der Waals surface area contributed by atoms with Crippen molar-refractivity contribution in [2.75, 3.05) is 33.8 Å². The van der Waals surface area contributed by atoms with Gasteiger partial charge in [0, 0.05) is 24.1 Å². The van der Waals surface area contributed by atoms with Crippen LogP contribution in [0.1, 0.15) is 62.2 Å². The molecule has 9 nitrogen and oxygen atoms in total. The Morgan fingerprint density at radius 1 is 1.08 bits per heavy atom.